The molecule has 0 bridgehead atoms. The van der Waals surface area contributed by atoms with Crippen molar-refractivity contribution >= 4 is 23.4 Å². The molecule has 2 heterocycles. The second-order valence-corrected chi connectivity index (χ2v) is 5.10. The molecule has 0 saturated carbocycles. The highest BCUT2D eigenvalue weighted by Crippen LogP contribution is 2.16. The van der Waals surface area contributed by atoms with Crippen molar-refractivity contribution in [1.82, 2.24) is 9.88 Å². The first kappa shape index (κ1) is 14.1. The molecule has 0 radical (unpaired) electrons. The van der Waals surface area contributed by atoms with Crippen molar-refractivity contribution < 1.29 is 9.90 Å². The van der Waals surface area contributed by atoms with E-state index < -0.39 is 5.97 Å². The number of carbonyl (C=O) groups is 1. The van der Waals surface area contributed by atoms with Crippen LogP contribution in [0.5, 0.6) is 0 Å². The van der Waals surface area contributed by atoms with Crippen LogP contribution in [-0.4, -0.2) is 53.7 Å². The minimum atomic E-state index is -0.719. The predicted octanol–water partition coefficient (Wildman–Crippen LogP) is 1.72. The number of nitrogens with zero attached hydrogens (tertiary/aromatic N) is 3. The van der Waals surface area contributed by atoms with Crippen molar-refractivity contribution in [3.8, 4) is 0 Å². The number of hydrogen-bond donors (Lipinski definition) is 1. The maximum Gasteiger partial charge on any atom is 0.303 e. The van der Waals surface area contributed by atoms with E-state index >= 15 is 0 Å². The molecule has 104 valence electrons. The predicted molar refractivity (Wildman–Crippen MR) is 74.8 cm³/mol. The van der Waals surface area contributed by atoms with Gasteiger partial charge in [0, 0.05) is 38.8 Å². The summed E-state index contributed by atoms with van der Waals surface area (Å²) < 4.78 is 0. The highest BCUT2D eigenvalue weighted by molar-refractivity contribution is 6.30. The van der Waals surface area contributed by atoms with Crippen molar-refractivity contribution in [1.29, 1.82) is 0 Å². The molecule has 2 rings (SSSR count). The molecule has 0 aliphatic carbocycles. The van der Waals surface area contributed by atoms with Crippen molar-refractivity contribution in [2.24, 2.45) is 0 Å². The lowest BCUT2D eigenvalue weighted by atomic mass is 10.2. The van der Waals surface area contributed by atoms with Gasteiger partial charge in [-0.2, -0.15) is 0 Å². The molecule has 1 fully saturated rings. The number of carboxylic acids is 1. The van der Waals surface area contributed by atoms with Gasteiger partial charge in [0.25, 0.3) is 0 Å². The van der Waals surface area contributed by atoms with Crippen molar-refractivity contribution in [2.75, 3.05) is 37.6 Å². The number of halogens is 1. The topological polar surface area (TPSA) is 56.7 Å². The van der Waals surface area contributed by atoms with Gasteiger partial charge >= 0.3 is 5.97 Å². The Bertz CT molecular complexity index is 416. The van der Waals surface area contributed by atoms with Gasteiger partial charge in [0.05, 0.1) is 5.02 Å². The molecule has 0 amide bonds. The monoisotopic (exact) mass is 283 g/mol. The number of aliphatic carboxylic acids is 1. The number of carboxylic acid groups (broad SMARTS) is 1. The highest BCUT2D eigenvalue weighted by Gasteiger charge is 2.17. The third-order valence-corrected chi connectivity index (χ3v) is 3.50. The number of pyridine rings is 1. The molecule has 5 nitrogen and oxygen atoms in total. The van der Waals surface area contributed by atoms with Gasteiger partial charge in [0.15, 0.2) is 0 Å². The Kier molecular flexibility index (Phi) is 4.99. The first-order valence-electron chi connectivity index (χ1n) is 6.46. The molecule has 1 aromatic heterocycles. The first-order valence-corrected chi connectivity index (χ1v) is 6.83. The van der Waals surface area contributed by atoms with Crippen LogP contribution < -0.4 is 4.90 Å². The Morgan fingerprint density at radius 3 is 2.63 bits per heavy atom. The Hall–Kier alpha value is -1.33. The third-order valence-electron chi connectivity index (χ3n) is 3.27. The number of piperazine rings is 1. The van der Waals surface area contributed by atoms with Crippen LogP contribution in [0.2, 0.25) is 5.02 Å². The van der Waals surface area contributed by atoms with E-state index in [4.69, 9.17) is 16.7 Å². The van der Waals surface area contributed by atoms with E-state index in [1.165, 1.54) is 0 Å². The Morgan fingerprint density at radius 1 is 1.32 bits per heavy atom. The SMILES string of the molecule is O=C(O)CCCN1CCN(c2ccc(Cl)cn2)CC1. The molecule has 1 aliphatic rings. The fourth-order valence-corrected chi connectivity index (χ4v) is 2.32. The van der Waals surface area contributed by atoms with E-state index in [1.807, 2.05) is 12.1 Å². The van der Waals surface area contributed by atoms with Gasteiger partial charge in [0.1, 0.15) is 5.82 Å². The summed E-state index contributed by atoms with van der Waals surface area (Å²) in [5.41, 5.74) is 0. The molecule has 0 unspecified atom stereocenters. The summed E-state index contributed by atoms with van der Waals surface area (Å²) in [6.45, 7) is 4.59. The number of anilines is 1. The summed E-state index contributed by atoms with van der Waals surface area (Å²) in [4.78, 5) is 19.3. The molecule has 1 aliphatic heterocycles. The maximum absolute atomic E-state index is 10.5. The lowest BCUT2D eigenvalue weighted by Crippen LogP contribution is -2.46. The number of rotatable bonds is 5. The molecule has 19 heavy (non-hydrogen) atoms. The first-order chi connectivity index (χ1) is 9.15. The molecule has 0 aromatic carbocycles. The standard InChI is InChI=1S/C13H18ClN3O2/c14-11-3-4-12(15-10-11)17-8-6-16(7-9-17)5-1-2-13(18)19/h3-4,10H,1-2,5-9H2,(H,18,19). The fourth-order valence-electron chi connectivity index (χ4n) is 2.21. The van der Waals surface area contributed by atoms with Gasteiger partial charge in [-0.05, 0) is 25.1 Å². The second kappa shape index (κ2) is 6.73. The summed E-state index contributed by atoms with van der Waals surface area (Å²) in [5, 5.41) is 9.26. The average molecular weight is 284 g/mol. The molecular formula is C13H18ClN3O2. The van der Waals surface area contributed by atoms with Crippen LogP contribution in [0.25, 0.3) is 0 Å². The van der Waals surface area contributed by atoms with Crippen LogP contribution in [0.3, 0.4) is 0 Å². The van der Waals surface area contributed by atoms with Crippen LogP contribution in [0, 0.1) is 0 Å². The van der Waals surface area contributed by atoms with E-state index in [-0.39, 0.29) is 6.42 Å². The summed E-state index contributed by atoms with van der Waals surface area (Å²) >= 11 is 5.82. The van der Waals surface area contributed by atoms with Crippen LogP contribution >= 0.6 is 11.6 Å². The molecular weight excluding hydrogens is 266 g/mol. The van der Waals surface area contributed by atoms with E-state index in [0.29, 0.717) is 11.4 Å². The van der Waals surface area contributed by atoms with Crippen molar-refractivity contribution in [3.05, 3.63) is 23.4 Å². The summed E-state index contributed by atoms with van der Waals surface area (Å²) in [7, 11) is 0. The third kappa shape index (κ3) is 4.36. The molecule has 0 spiro atoms. The zero-order valence-electron chi connectivity index (χ0n) is 10.8. The minimum absolute atomic E-state index is 0.249. The number of aromatic nitrogens is 1. The van der Waals surface area contributed by atoms with Gasteiger partial charge in [-0.3, -0.25) is 9.69 Å². The van der Waals surface area contributed by atoms with E-state index in [2.05, 4.69) is 14.8 Å². The van der Waals surface area contributed by atoms with Gasteiger partial charge in [-0.1, -0.05) is 11.6 Å². The minimum Gasteiger partial charge on any atom is -0.481 e. The Labute approximate surface area is 117 Å². The zero-order chi connectivity index (χ0) is 13.7. The molecule has 6 heteroatoms. The van der Waals surface area contributed by atoms with Crippen LogP contribution in [0.1, 0.15) is 12.8 Å². The molecule has 0 atom stereocenters. The summed E-state index contributed by atoms with van der Waals surface area (Å²) in [6, 6.07) is 3.78. The van der Waals surface area contributed by atoms with Crippen LogP contribution in [-0.2, 0) is 4.79 Å². The maximum atomic E-state index is 10.5. The van der Waals surface area contributed by atoms with Gasteiger partial charge < -0.3 is 10.0 Å². The quantitative estimate of drug-likeness (QED) is 0.892. The van der Waals surface area contributed by atoms with E-state index in [1.54, 1.807) is 6.20 Å². The average Bonchev–Trinajstić information content (AvgIpc) is 2.40. The Balaban J connectivity index is 1.76. The second-order valence-electron chi connectivity index (χ2n) is 4.66. The summed E-state index contributed by atoms with van der Waals surface area (Å²) in [5.74, 6) is 0.235. The highest BCUT2D eigenvalue weighted by atomic mass is 35.5. The summed E-state index contributed by atoms with van der Waals surface area (Å²) in [6.07, 6.45) is 2.63. The van der Waals surface area contributed by atoms with Crippen molar-refractivity contribution in [2.45, 2.75) is 12.8 Å². The fraction of sp³-hybridized carbons (Fsp3) is 0.538. The molecule has 1 aromatic rings. The van der Waals surface area contributed by atoms with Gasteiger partial charge in [-0.15, -0.1) is 0 Å². The smallest absolute Gasteiger partial charge is 0.303 e. The molecule has 1 saturated heterocycles. The van der Waals surface area contributed by atoms with E-state index in [0.717, 1.165) is 38.5 Å². The Morgan fingerprint density at radius 2 is 2.05 bits per heavy atom. The zero-order valence-corrected chi connectivity index (χ0v) is 11.5. The van der Waals surface area contributed by atoms with Gasteiger partial charge in [-0.25, -0.2) is 4.98 Å². The largest absolute Gasteiger partial charge is 0.481 e. The van der Waals surface area contributed by atoms with Crippen molar-refractivity contribution in [3.63, 3.8) is 0 Å². The van der Waals surface area contributed by atoms with E-state index in [9.17, 15) is 4.79 Å². The number of hydrogen-bond acceptors (Lipinski definition) is 4. The lowest BCUT2D eigenvalue weighted by Gasteiger charge is -2.35. The van der Waals surface area contributed by atoms with Crippen LogP contribution in [0.15, 0.2) is 18.3 Å². The van der Waals surface area contributed by atoms with Gasteiger partial charge in [0.2, 0.25) is 0 Å². The lowest BCUT2D eigenvalue weighted by molar-refractivity contribution is -0.137. The normalized spacial score (nSPS) is 16.6. The van der Waals surface area contributed by atoms with Crippen LogP contribution in [0.4, 0.5) is 5.82 Å². The molecule has 1 N–H and O–H groups in total.